The van der Waals surface area contributed by atoms with Crippen molar-refractivity contribution in [2.24, 2.45) is 5.92 Å². The molecule has 5 nitrogen and oxygen atoms in total. The molecule has 0 spiro atoms. The first-order valence-corrected chi connectivity index (χ1v) is 6.27. The van der Waals surface area contributed by atoms with Crippen LogP contribution in [0.5, 0.6) is 0 Å². The standard InChI is InChI=1S/C12H22N2O3/c1-4-9(11(15)16)13-12(17)14-7-5-6-10(14)8(2)3/h8-10H,4-7H2,1-3H3,(H,13,17)(H,15,16)/t9-,10?/m0/s1. The minimum Gasteiger partial charge on any atom is -0.480 e. The molecule has 0 saturated carbocycles. The van der Waals surface area contributed by atoms with Crippen LogP contribution in [0.3, 0.4) is 0 Å². The highest BCUT2D eigenvalue weighted by Crippen LogP contribution is 2.23. The van der Waals surface area contributed by atoms with E-state index in [9.17, 15) is 9.59 Å². The number of carbonyl (C=O) groups is 2. The Bertz CT molecular complexity index is 291. The van der Waals surface area contributed by atoms with Crippen molar-refractivity contribution in [2.45, 2.75) is 52.1 Å². The summed E-state index contributed by atoms with van der Waals surface area (Å²) in [5.74, 6) is -0.561. The fourth-order valence-electron chi connectivity index (χ4n) is 2.31. The van der Waals surface area contributed by atoms with Crippen LogP contribution < -0.4 is 5.32 Å². The second-order valence-electron chi connectivity index (χ2n) is 4.90. The second kappa shape index (κ2) is 5.89. The second-order valence-corrected chi connectivity index (χ2v) is 4.90. The van der Waals surface area contributed by atoms with E-state index in [1.165, 1.54) is 0 Å². The SMILES string of the molecule is CC[C@H](NC(=O)N1CCCC1C(C)C)C(=O)O. The summed E-state index contributed by atoms with van der Waals surface area (Å²) in [4.78, 5) is 24.6. The van der Waals surface area contributed by atoms with E-state index in [1.54, 1.807) is 11.8 Å². The molecule has 1 fully saturated rings. The molecule has 2 amide bonds. The number of hydrogen-bond donors (Lipinski definition) is 2. The van der Waals surface area contributed by atoms with Gasteiger partial charge in [-0.15, -0.1) is 0 Å². The molecule has 0 bridgehead atoms. The zero-order valence-electron chi connectivity index (χ0n) is 10.8. The van der Waals surface area contributed by atoms with E-state index in [-0.39, 0.29) is 12.1 Å². The van der Waals surface area contributed by atoms with Crippen LogP contribution in [0.15, 0.2) is 0 Å². The lowest BCUT2D eigenvalue weighted by Gasteiger charge is -2.29. The van der Waals surface area contributed by atoms with Gasteiger partial charge in [0.15, 0.2) is 0 Å². The normalized spacial score (nSPS) is 21.6. The van der Waals surface area contributed by atoms with Gasteiger partial charge in [-0.05, 0) is 25.2 Å². The Balaban J connectivity index is 2.60. The van der Waals surface area contributed by atoms with Crippen molar-refractivity contribution in [1.82, 2.24) is 10.2 Å². The van der Waals surface area contributed by atoms with Crippen LogP contribution in [0, 0.1) is 5.92 Å². The molecule has 1 aliphatic rings. The average molecular weight is 242 g/mol. The average Bonchev–Trinajstić information content (AvgIpc) is 2.73. The topological polar surface area (TPSA) is 69.6 Å². The molecule has 0 radical (unpaired) electrons. The van der Waals surface area contributed by atoms with Gasteiger partial charge in [0.25, 0.3) is 0 Å². The number of nitrogens with zero attached hydrogens (tertiary/aromatic N) is 1. The molecular weight excluding hydrogens is 220 g/mol. The summed E-state index contributed by atoms with van der Waals surface area (Å²) in [6.07, 6.45) is 2.41. The monoisotopic (exact) mass is 242 g/mol. The Morgan fingerprint density at radius 3 is 2.59 bits per heavy atom. The Morgan fingerprint density at radius 2 is 2.12 bits per heavy atom. The number of amides is 2. The number of likely N-dealkylation sites (tertiary alicyclic amines) is 1. The number of carboxylic acid groups (broad SMARTS) is 1. The van der Waals surface area contributed by atoms with Crippen LogP contribution >= 0.6 is 0 Å². The summed E-state index contributed by atoms with van der Waals surface area (Å²) in [7, 11) is 0. The molecule has 0 aliphatic carbocycles. The molecule has 2 atom stereocenters. The third-order valence-electron chi connectivity index (χ3n) is 3.33. The Hall–Kier alpha value is -1.26. The molecule has 1 heterocycles. The van der Waals surface area contributed by atoms with Gasteiger partial charge in [0.2, 0.25) is 0 Å². The van der Waals surface area contributed by atoms with Gasteiger partial charge in [-0.1, -0.05) is 20.8 Å². The summed E-state index contributed by atoms with van der Waals surface area (Å²) < 4.78 is 0. The minimum absolute atomic E-state index is 0.237. The van der Waals surface area contributed by atoms with Crippen LogP contribution in [0.25, 0.3) is 0 Å². The maximum atomic E-state index is 12.0. The van der Waals surface area contributed by atoms with Crippen LogP contribution in [0.2, 0.25) is 0 Å². The lowest BCUT2D eigenvalue weighted by molar-refractivity contribution is -0.139. The molecule has 0 aromatic rings. The smallest absolute Gasteiger partial charge is 0.326 e. The molecule has 1 aliphatic heterocycles. The summed E-state index contributed by atoms with van der Waals surface area (Å²) >= 11 is 0. The maximum Gasteiger partial charge on any atom is 0.326 e. The summed E-state index contributed by atoms with van der Waals surface area (Å²) in [6, 6.07) is -0.785. The van der Waals surface area contributed by atoms with E-state index in [4.69, 9.17) is 5.11 Å². The van der Waals surface area contributed by atoms with E-state index in [0.717, 1.165) is 19.4 Å². The maximum absolute atomic E-state index is 12.0. The van der Waals surface area contributed by atoms with E-state index in [1.807, 2.05) is 0 Å². The molecule has 17 heavy (non-hydrogen) atoms. The predicted octanol–water partition coefficient (Wildman–Crippen LogP) is 1.68. The highest BCUT2D eigenvalue weighted by atomic mass is 16.4. The summed E-state index contributed by atoms with van der Waals surface area (Å²) in [5, 5.41) is 11.5. The fraction of sp³-hybridized carbons (Fsp3) is 0.833. The molecular formula is C12H22N2O3. The molecule has 0 aromatic heterocycles. The van der Waals surface area contributed by atoms with Gasteiger partial charge < -0.3 is 15.3 Å². The van der Waals surface area contributed by atoms with Crippen molar-refractivity contribution in [3.8, 4) is 0 Å². The molecule has 98 valence electrons. The van der Waals surface area contributed by atoms with Gasteiger partial charge in [-0.2, -0.15) is 0 Å². The van der Waals surface area contributed by atoms with Crippen molar-refractivity contribution < 1.29 is 14.7 Å². The third kappa shape index (κ3) is 3.35. The van der Waals surface area contributed by atoms with Crippen LogP contribution in [0.1, 0.15) is 40.0 Å². The Morgan fingerprint density at radius 1 is 1.47 bits per heavy atom. The Kier molecular flexibility index (Phi) is 4.78. The van der Waals surface area contributed by atoms with Gasteiger partial charge in [0, 0.05) is 12.6 Å². The highest BCUT2D eigenvalue weighted by Gasteiger charge is 2.32. The van der Waals surface area contributed by atoms with Gasteiger partial charge in [0.1, 0.15) is 6.04 Å². The van der Waals surface area contributed by atoms with E-state index < -0.39 is 12.0 Å². The molecule has 5 heteroatoms. The van der Waals surface area contributed by atoms with E-state index in [0.29, 0.717) is 12.3 Å². The first-order chi connectivity index (χ1) is 7.97. The van der Waals surface area contributed by atoms with Gasteiger partial charge in [-0.25, -0.2) is 9.59 Å². The lowest BCUT2D eigenvalue weighted by Crippen LogP contribution is -2.50. The first-order valence-electron chi connectivity index (χ1n) is 6.27. The molecule has 1 rings (SSSR count). The number of urea groups is 1. The summed E-state index contributed by atoms with van der Waals surface area (Å²) in [6.45, 7) is 6.66. The van der Waals surface area contributed by atoms with Crippen LogP contribution in [-0.2, 0) is 4.79 Å². The van der Waals surface area contributed by atoms with Crippen LogP contribution in [-0.4, -0.2) is 40.6 Å². The quantitative estimate of drug-likeness (QED) is 0.788. The first kappa shape index (κ1) is 13.8. The lowest BCUT2D eigenvalue weighted by atomic mass is 10.0. The summed E-state index contributed by atoms with van der Waals surface area (Å²) in [5.41, 5.74) is 0. The largest absolute Gasteiger partial charge is 0.480 e. The van der Waals surface area contributed by atoms with Crippen molar-refractivity contribution in [3.63, 3.8) is 0 Å². The van der Waals surface area contributed by atoms with Gasteiger partial charge in [0.05, 0.1) is 0 Å². The van der Waals surface area contributed by atoms with Crippen molar-refractivity contribution >= 4 is 12.0 Å². The van der Waals surface area contributed by atoms with E-state index >= 15 is 0 Å². The number of hydrogen-bond acceptors (Lipinski definition) is 2. The zero-order valence-corrected chi connectivity index (χ0v) is 10.8. The molecule has 1 unspecified atom stereocenters. The number of nitrogens with one attached hydrogen (secondary N) is 1. The number of aliphatic carboxylic acids is 1. The van der Waals surface area contributed by atoms with Crippen molar-refractivity contribution in [3.05, 3.63) is 0 Å². The zero-order chi connectivity index (χ0) is 13.0. The van der Waals surface area contributed by atoms with Crippen LogP contribution in [0.4, 0.5) is 4.79 Å². The van der Waals surface area contributed by atoms with Crippen molar-refractivity contribution in [2.75, 3.05) is 6.54 Å². The minimum atomic E-state index is -0.971. The predicted molar refractivity (Wildman–Crippen MR) is 64.8 cm³/mol. The highest BCUT2D eigenvalue weighted by molar-refractivity contribution is 5.82. The number of carbonyl (C=O) groups excluding carboxylic acids is 1. The molecule has 0 aromatic carbocycles. The van der Waals surface area contributed by atoms with Gasteiger partial charge in [-0.3, -0.25) is 0 Å². The van der Waals surface area contributed by atoms with E-state index in [2.05, 4.69) is 19.2 Å². The number of rotatable bonds is 4. The molecule has 2 N–H and O–H groups in total. The number of carboxylic acids is 1. The molecule has 1 saturated heterocycles. The Labute approximate surface area is 102 Å². The third-order valence-corrected chi connectivity index (χ3v) is 3.33. The van der Waals surface area contributed by atoms with Gasteiger partial charge >= 0.3 is 12.0 Å². The fourth-order valence-corrected chi connectivity index (χ4v) is 2.31. The van der Waals surface area contributed by atoms with Crippen molar-refractivity contribution in [1.29, 1.82) is 0 Å².